The number of Topliss-reactive ketones (excluding diaryl/α,β-unsaturated/α-hetero) is 1. The number of halogens is 1. The number of anilines is 2. The first-order valence-corrected chi connectivity index (χ1v) is 14.4. The second-order valence-corrected chi connectivity index (χ2v) is 11.8. The molecule has 1 amide bonds. The number of carbonyl (C=O) groups excluding carboxylic acids is 2. The van der Waals surface area contributed by atoms with Crippen LogP contribution in [0.1, 0.15) is 53.9 Å². The minimum absolute atomic E-state index is 0.000601. The molecule has 2 aromatic carbocycles. The standard InChI is InChI=1S/C34H31FN6O4/c1-19-10-22-11-21(12-26(29(22)39-14-19)40-24-15-37-18-38-16-24)27(42)8-9-34(3,44)28-13-25-31(45-17-33(25,2)32(36)43)30(41-28)20-4-6-23(35)7-5-20/h4-7,10-16,18,40,44H,8-9,17H2,1-3H3,(H2,36,43)/t33-,34-/m0/s1. The van der Waals surface area contributed by atoms with Crippen molar-refractivity contribution < 1.29 is 23.8 Å². The Morgan fingerprint density at radius 3 is 2.56 bits per heavy atom. The molecule has 11 heteroatoms. The van der Waals surface area contributed by atoms with E-state index in [0.29, 0.717) is 45.0 Å². The van der Waals surface area contributed by atoms with E-state index in [4.69, 9.17) is 15.5 Å². The number of pyridine rings is 2. The van der Waals surface area contributed by atoms with E-state index in [-0.39, 0.29) is 30.9 Å². The van der Waals surface area contributed by atoms with Crippen molar-refractivity contribution in [1.82, 2.24) is 19.9 Å². The molecule has 1 aliphatic rings. The van der Waals surface area contributed by atoms with Gasteiger partial charge in [-0.2, -0.15) is 0 Å². The number of aliphatic hydroxyl groups is 1. The van der Waals surface area contributed by atoms with Gasteiger partial charge >= 0.3 is 0 Å². The molecule has 4 N–H and O–H groups in total. The van der Waals surface area contributed by atoms with Gasteiger partial charge in [0, 0.05) is 34.7 Å². The molecule has 4 heterocycles. The van der Waals surface area contributed by atoms with Gasteiger partial charge in [-0.3, -0.25) is 14.6 Å². The van der Waals surface area contributed by atoms with Crippen LogP contribution in [0.4, 0.5) is 15.8 Å². The van der Waals surface area contributed by atoms with Gasteiger partial charge in [0.05, 0.1) is 35.0 Å². The fraction of sp³-hybridized carbons (Fsp3) is 0.235. The van der Waals surface area contributed by atoms with E-state index < -0.39 is 22.7 Å². The van der Waals surface area contributed by atoms with Crippen molar-refractivity contribution in [1.29, 1.82) is 0 Å². The van der Waals surface area contributed by atoms with Gasteiger partial charge in [-0.1, -0.05) is 0 Å². The Morgan fingerprint density at radius 1 is 1.11 bits per heavy atom. The molecule has 0 aliphatic carbocycles. The summed E-state index contributed by atoms with van der Waals surface area (Å²) in [6.07, 6.45) is 6.43. The molecule has 10 nitrogen and oxygen atoms in total. The molecule has 0 bridgehead atoms. The van der Waals surface area contributed by atoms with E-state index in [1.807, 2.05) is 13.0 Å². The smallest absolute Gasteiger partial charge is 0.231 e. The Kier molecular flexibility index (Phi) is 7.49. The number of primary amides is 1. The quantitative estimate of drug-likeness (QED) is 0.190. The highest BCUT2D eigenvalue weighted by Crippen LogP contribution is 2.46. The molecule has 2 atom stereocenters. The largest absolute Gasteiger partial charge is 0.489 e. The van der Waals surface area contributed by atoms with Crippen LogP contribution in [0.2, 0.25) is 0 Å². The Bertz CT molecular complexity index is 1950. The van der Waals surface area contributed by atoms with Crippen molar-refractivity contribution >= 4 is 34.0 Å². The summed E-state index contributed by atoms with van der Waals surface area (Å²) in [6, 6.07) is 12.8. The van der Waals surface area contributed by atoms with E-state index >= 15 is 0 Å². The van der Waals surface area contributed by atoms with Crippen LogP contribution in [0.5, 0.6) is 5.75 Å². The molecule has 0 saturated carbocycles. The lowest BCUT2D eigenvalue weighted by Gasteiger charge is -2.26. The van der Waals surface area contributed by atoms with Crippen LogP contribution in [-0.4, -0.2) is 43.3 Å². The number of nitrogens with two attached hydrogens (primary N) is 1. The second kappa shape index (κ2) is 11.3. The molecule has 45 heavy (non-hydrogen) atoms. The van der Waals surface area contributed by atoms with Gasteiger partial charge in [0.2, 0.25) is 5.91 Å². The average Bonchev–Trinajstić information content (AvgIpc) is 3.38. The zero-order chi connectivity index (χ0) is 31.9. The molecule has 3 aromatic heterocycles. The Morgan fingerprint density at radius 2 is 1.84 bits per heavy atom. The zero-order valence-corrected chi connectivity index (χ0v) is 25.0. The Hall–Kier alpha value is -5.29. The molecular formula is C34H31FN6O4. The van der Waals surface area contributed by atoms with Crippen LogP contribution in [0.15, 0.2) is 73.4 Å². The monoisotopic (exact) mass is 606 g/mol. The number of nitrogens with zero attached hydrogens (tertiary/aromatic N) is 4. The first-order chi connectivity index (χ1) is 21.4. The fourth-order valence-electron chi connectivity index (χ4n) is 5.43. The maximum Gasteiger partial charge on any atom is 0.231 e. The number of fused-ring (bicyclic) bond motifs is 2. The summed E-state index contributed by atoms with van der Waals surface area (Å²) in [5.41, 5.74) is 7.93. The van der Waals surface area contributed by atoms with Crippen LogP contribution >= 0.6 is 0 Å². The summed E-state index contributed by atoms with van der Waals surface area (Å²) < 4.78 is 19.6. The predicted octanol–water partition coefficient (Wildman–Crippen LogP) is 5.28. The Balaban J connectivity index is 1.33. The van der Waals surface area contributed by atoms with E-state index in [0.717, 1.165) is 10.9 Å². The maximum absolute atomic E-state index is 13.7. The lowest BCUT2D eigenvalue weighted by atomic mass is 9.81. The summed E-state index contributed by atoms with van der Waals surface area (Å²) in [7, 11) is 0. The number of ether oxygens (including phenoxy) is 1. The van der Waals surface area contributed by atoms with Gasteiger partial charge < -0.3 is 20.9 Å². The molecule has 1 aliphatic heterocycles. The van der Waals surface area contributed by atoms with Crippen molar-refractivity contribution in [3.63, 3.8) is 0 Å². The van der Waals surface area contributed by atoms with Crippen molar-refractivity contribution in [3.8, 4) is 17.0 Å². The van der Waals surface area contributed by atoms with Crippen molar-refractivity contribution in [2.45, 2.75) is 44.6 Å². The van der Waals surface area contributed by atoms with Gasteiger partial charge in [-0.15, -0.1) is 0 Å². The van der Waals surface area contributed by atoms with Crippen LogP contribution in [0, 0.1) is 12.7 Å². The Labute approximate surface area is 258 Å². The number of amides is 1. The highest BCUT2D eigenvalue weighted by atomic mass is 19.1. The van der Waals surface area contributed by atoms with E-state index in [2.05, 4.69) is 20.3 Å². The van der Waals surface area contributed by atoms with Crippen LogP contribution in [0.25, 0.3) is 22.2 Å². The van der Waals surface area contributed by atoms with Crippen molar-refractivity contribution in [2.75, 3.05) is 11.9 Å². The highest BCUT2D eigenvalue weighted by Gasteiger charge is 2.45. The lowest BCUT2D eigenvalue weighted by Crippen LogP contribution is -2.40. The first-order valence-electron chi connectivity index (χ1n) is 14.4. The van der Waals surface area contributed by atoms with Crippen molar-refractivity contribution in [2.24, 2.45) is 5.73 Å². The molecule has 5 aromatic rings. The minimum Gasteiger partial charge on any atom is -0.489 e. The molecule has 0 spiro atoms. The van der Waals surface area contributed by atoms with Crippen LogP contribution < -0.4 is 15.8 Å². The number of hydrogen-bond donors (Lipinski definition) is 3. The third-order valence-electron chi connectivity index (χ3n) is 8.21. The van der Waals surface area contributed by atoms with Gasteiger partial charge in [0.15, 0.2) is 5.78 Å². The van der Waals surface area contributed by atoms with E-state index in [1.165, 1.54) is 18.5 Å². The van der Waals surface area contributed by atoms with Gasteiger partial charge in [-0.25, -0.2) is 19.3 Å². The number of benzene rings is 2. The van der Waals surface area contributed by atoms with Gasteiger partial charge in [-0.05, 0) is 81.3 Å². The minimum atomic E-state index is -1.59. The number of nitrogens with one attached hydrogen (secondary N) is 1. The number of aromatic nitrogens is 4. The summed E-state index contributed by atoms with van der Waals surface area (Å²) in [6.45, 7) is 5.16. The second-order valence-electron chi connectivity index (χ2n) is 11.8. The summed E-state index contributed by atoms with van der Waals surface area (Å²) >= 11 is 0. The van der Waals surface area contributed by atoms with Crippen LogP contribution in [-0.2, 0) is 15.8 Å². The average molecular weight is 607 g/mol. The third kappa shape index (κ3) is 5.69. The highest BCUT2D eigenvalue weighted by molar-refractivity contribution is 6.04. The van der Waals surface area contributed by atoms with Crippen LogP contribution in [0.3, 0.4) is 0 Å². The van der Waals surface area contributed by atoms with E-state index in [9.17, 15) is 19.1 Å². The maximum atomic E-state index is 13.7. The summed E-state index contributed by atoms with van der Waals surface area (Å²) in [4.78, 5) is 43.5. The van der Waals surface area contributed by atoms with Crippen molar-refractivity contribution in [3.05, 3.63) is 102 Å². The molecule has 6 rings (SSSR count). The number of rotatable bonds is 9. The molecule has 0 unspecified atom stereocenters. The normalized spacial score (nSPS) is 16.9. The number of carbonyl (C=O) groups is 2. The SMILES string of the molecule is Cc1cnc2c(Nc3cncnc3)cc(C(=O)CC[C@](C)(O)c3cc4c(c(-c5ccc(F)cc5)n3)OC[C@]4(C)C(N)=O)cc2c1. The predicted molar refractivity (Wildman–Crippen MR) is 167 cm³/mol. The first kappa shape index (κ1) is 29.8. The fourth-order valence-corrected chi connectivity index (χ4v) is 5.43. The summed E-state index contributed by atoms with van der Waals surface area (Å²) in [5.74, 6) is -0.862. The van der Waals surface area contributed by atoms with Gasteiger partial charge in [0.1, 0.15) is 41.2 Å². The number of ketones is 1. The molecule has 0 radical (unpaired) electrons. The zero-order valence-electron chi connectivity index (χ0n) is 25.0. The molecular weight excluding hydrogens is 575 g/mol. The molecule has 0 fully saturated rings. The third-order valence-corrected chi connectivity index (χ3v) is 8.21. The molecule has 0 saturated heterocycles. The lowest BCUT2D eigenvalue weighted by molar-refractivity contribution is -0.123. The van der Waals surface area contributed by atoms with Gasteiger partial charge in [0.25, 0.3) is 0 Å². The number of aryl methyl sites for hydroxylation is 1. The van der Waals surface area contributed by atoms with E-state index in [1.54, 1.807) is 62.8 Å². The molecule has 228 valence electrons. The summed E-state index contributed by atoms with van der Waals surface area (Å²) in [5, 5.41) is 15.8. The number of hydrogen-bond acceptors (Lipinski definition) is 9. The topological polar surface area (TPSA) is 153 Å².